The zero-order valence-electron chi connectivity index (χ0n) is 12.0. The van der Waals surface area contributed by atoms with Crippen molar-refractivity contribution in [3.63, 3.8) is 0 Å². The monoisotopic (exact) mass is 440 g/mol. The Kier molecular flexibility index (Phi) is 9.75. The predicted molar refractivity (Wildman–Crippen MR) is 76.5 cm³/mol. The van der Waals surface area contributed by atoms with Crippen molar-refractivity contribution in [2.24, 2.45) is 0 Å². The van der Waals surface area contributed by atoms with Gasteiger partial charge in [-0.2, -0.15) is 0 Å². The molecule has 2 radical (unpaired) electrons. The summed E-state index contributed by atoms with van der Waals surface area (Å²) in [5, 5.41) is 10.2. The zero-order valence-corrected chi connectivity index (χ0v) is 17.0. The van der Waals surface area contributed by atoms with E-state index in [1.165, 1.54) is 10.8 Å². The molecule has 0 amide bonds. The van der Waals surface area contributed by atoms with E-state index in [9.17, 15) is 4.79 Å². The number of hydrogen-bond donors (Lipinski definition) is 1. The molecule has 23 heavy (non-hydrogen) atoms. The molecule has 7 heteroatoms. The fourth-order valence-electron chi connectivity index (χ4n) is 2.24. The molecule has 1 heterocycles. The van der Waals surface area contributed by atoms with Crippen LogP contribution in [0, 0.1) is 13.2 Å². The van der Waals surface area contributed by atoms with Gasteiger partial charge in [-0.15, -0.1) is 39.6 Å². The number of carbonyl (C=O) groups is 1. The van der Waals surface area contributed by atoms with Crippen LogP contribution < -0.4 is 24.8 Å². The SMILES string of the molecule is O=C1C=C2C(=[C-]c3ccccc32)C2=C1[Si]2.[CH2-]OCCO.[Cl-].[Cl-].[Zr+4]. The molecular formula is C16H12Cl2O3SiZr. The van der Waals surface area contributed by atoms with Crippen LogP contribution in [0.25, 0.3) is 5.57 Å². The normalized spacial score (nSPS) is 15.1. The molecule has 2 aliphatic carbocycles. The van der Waals surface area contributed by atoms with Gasteiger partial charge in [0.25, 0.3) is 0 Å². The molecular weight excluding hydrogens is 430 g/mol. The number of halogens is 2. The van der Waals surface area contributed by atoms with E-state index >= 15 is 0 Å². The predicted octanol–water partition coefficient (Wildman–Crippen LogP) is -4.53. The topological polar surface area (TPSA) is 46.5 Å². The molecule has 0 fully saturated rings. The number of carbonyl (C=O) groups excluding carboxylic acids is 1. The summed E-state index contributed by atoms with van der Waals surface area (Å²) < 4.78 is 4.19. The molecule has 1 N–H and O–H groups in total. The van der Waals surface area contributed by atoms with Crippen molar-refractivity contribution in [3.05, 3.63) is 70.6 Å². The van der Waals surface area contributed by atoms with Crippen LogP contribution in [-0.4, -0.2) is 33.6 Å². The number of ketones is 1. The van der Waals surface area contributed by atoms with Gasteiger partial charge in [0.15, 0.2) is 5.78 Å². The molecule has 0 unspecified atom stereocenters. The van der Waals surface area contributed by atoms with E-state index in [4.69, 9.17) is 5.11 Å². The maximum absolute atomic E-state index is 11.6. The van der Waals surface area contributed by atoms with Gasteiger partial charge in [0.05, 0.1) is 16.1 Å². The fourth-order valence-corrected chi connectivity index (χ4v) is 3.20. The Morgan fingerprint density at radius 2 is 1.91 bits per heavy atom. The zero-order chi connectivity index (χ0) is 14.1. The van der Waals surface area contributed by atoms with Crippen molar-refractivity contribution in [3.8, 4) is 0 Å². The van der Waals surface area contributed by atoms with Crippen LogP contribution in [0.3, 0.4) is 0 Å². The minimum atomic E-state index is 0. The molecule has 116 valence electrons. The summed E-state index contributed by atoms with van der Waals surface area (Å²) >= 11 is 0. The first kappa shape index (κ1) is 22.7. The minimum Gasteiger partial charge on any atom is -1.00 e. The van der Waals surface area contributed by atoms with Gasteiger partial charge in [0, 0.05) is 6.61 Å². The van der Waals surface area contributed by atoms with Crippen molar-refractivity contribution in [1.82, 2.24) is 0 Å². The minimum absolute atomic E-state index is 0. The summed E-state index contributed by atoms with van der Waals surface area (Å²) in [6, 6.07) is 8.13. The fraction of sp³-hybridized carbons (Fsp3) is 0.125. The van der Waals surface area contributed by atoms with Crippen molar-refractivity contribution < 1.29 is 65.7 Å². The van der Waals surface area contributed by atoms with Crippen molar-refractivity contribution >= 4 is 20.9 Å². The van der Waals surface area contributed by atoms with Crippen LogP contribution in [0.5, 0.6) is 0 Å². The van der Waals surface area contributed by atoms with Gasteiger partial charge in [-0.05, 0) is 6.08 Å². The largest absolute Gasteiger partial charge is 4.00 e. The molecule has 0 saturated heterocycles. The number of fused-ring (bicyclic) bond motifs is 4. The van der Waals surface area contributed by atoms with Crippen LogP contribution in [-0.2, 0) is 35.7 Å². The van der Waals surface area contributed by atoms with Crippen molar-refractivity contribution in [2.75, 3.05) is 13.2 Å². The second kappa shape index (κ2) is 9.87. The van der Waals surface area contributed by atoms with E-state index in [1.807, 2.05) is 12.1 Å². The third kappa shape index (κ3) is 4.62. The van der Waals surface area contributed by atoms with Gasteiger partial charge in [0.1, 0.15) is 0 Å². The third-order valence-corrected chi connectivity index (χ3v) is 4.44. The second-order valence-corrected chi connectivity index (χ2v) is 5.72. The standard InChI is InChI=1S/C13H5OSi.C3H7O2.2ClH.Zr/c14-11-6-9-8-4-2-1-3-7(8)5-10(9)12-13(11)15-12;1-5-3-2-4;;;/h1-4,6H;4H,1-3H2;2*1H;/q2*-1;;;+4/p-2. The van der Waals surface area contributed by atoms with Crippen LogP contribution in [0.1, 0.15) is 11.1 Å². The third-order valence-electron chi connectivity index (χ3n) is 3.19. The van der Waals surface area contributed by atoms with E-state index in [2.05, 4.69) is 30.1 Å². The second-order valence-electron chi connectivity index (χ2n) is 4.47. The Balaban J connectivity index is 0.000000544. The Morgan fingerprint density at radius 3 is 2.52 bits per heavy atom. The van der Waals surface area contributed by atoms with Gasteiger partial charge in [-0.3, -0.25) is 4.79 Å². The van der Waals surface area contributed by atoms with E-state index in [-0.39, 0.29) is 63.4 Å². The summed E-state index contributed by atoms with van der Waals surface area (Å²) in [6.45, 7) is 0.392. The Labute approximate surface area is 169 Å². The van der Waals surface area contributed by atoms with E-state index in [0.29, 0.717) is 16.1 Å². The summed E-state index contributed by atoms with van der Waals surface area (Å²) in [7, 11) is 3.65. The van der Waals surface area contributed by atoms with Crippen molar-refractivity contribution in [2.45, 2.75) is 0 Å². The maximum Gasteiger partial charge on any atom is 4.00 e. The van der Waals surface area contributed by atoms with Crippen LogP contribution in [0.15, 0.2) is 46.3 Å². The molecule has 0 spiro atoms. The summed E-state index contributed by atoms with van der Waals surface area (Å²) in [4.78, 5) is 11.6. The maximum atomic E-state index is 11.6. The number of aliphatic hydroxyl groups is 1. The van der Waals surface area contributed by atoms with Gasteiger partial charge in [-0.25, -0.2) is 7.11 Å². The molecule has 3 nitrogen and oxygen atoms in total. The summed E-state index contributed by atoms with van der Waals surface area (Å²) in [6.07, 6.45) is 5.16. The number of allylic oxidation sites excluding steroid dienone is 5. The molecule has 0 aromatic heterocycles. The molecule has 0 saturated carbocycles. The molecule has 0 atom stereocenters. The molecule has 1 aromatic carbocycles. The summed E-state index contributed by atoms with van der Waals surface area (Å²) in [5.74, 6) is 0.209. The smallest absolute Gasteiger partial charge is 1.00 e. The number of rotatable bonds is 2. The number of aliphatic hydroxyl groups excluding tert-OH is 1. The Hall–Kier alpha value is -0.290. The molecule has 3 aliphatic rings. The van der Waals surface area contributed by atoms with Gasteiger partial charge in [-0.1, -0.05) is 23.4 Å². The number of hydrogen-bond acceptors (Lipinski definition) is 3. The Morgan fingerprint density at radius 1 is 1.22 bits per heavy atom. The van der Waals surface area contributed by atoms with Crippen LogP contribution in [0.2, 0.25) is 0 Å². The number of benzene rings is 1. The van der Waals surface area contributed by atoms with Crippen LogP contribution >= 0.6 is 0 Å². The Bertz CT molecular complexity index is 682. The summed E-state index contributed by atoms with van der Waals surface area (Å²) in [5.41, 5.74) is 4.53. The first-order valence-electron chi connectivity index (χ1n) is 6.25. The van der Waals surface area contributed by atoms with Crippen molar-refractivity contribution in [1.29, 1.82) is 0 Å². The van der Waals surface area contributed by atoms with E-state index < -0.39 is 0 Å². The molecule has 1 aliphatic heterocycles. The average Bonchev–Trinajstić information content (AvgIpc) is 3.19. The van der Waals surface area contributed by atoms with Gasteiger partial charge in [0.2, 0.25) is 0 Å². The van der Waals surface area contributed by atoms with E-state index in [1.54, 1.807) is 6.08 Å². The van der Waals surface area contributed by atoms with E-state index in [0.717, 1.165) is 21.9 Å². The quantitative estimate of drug-likeness (QED) is 0.371. The number of ether oxygens (including phenoxy) is 1. The average molecular weight is 442 g/mol. The molecule has 4 rings (SSSR count). The first-order valence-corrected chi connectivity index (χ1v) is 7.25. The molecule has 1 aromatic rings. The van der Waals surface area contributed by atoms with Gasteiger partial charge >= 0.3 is 26.2 Å². The van der Waals surface area contributed by atoms with Gasteiger partial charge < -0.3 is 34.7 Å². The first-order chi connectivity index (χ1) is 9.76. The molecule has 0 bridgehead atoms. The van der Waals surface area contributed by atoms with Crippen LogP contribution in [0.4, 0.5) is 0 Å².